The molecule has 16 heavy (non-hydrogen) atoms. The zero-order chi connectivity index (χ0) is 12.0. The number of amides is 1. The predicted molar refractivity (Wildman–Crippen MR) is 60.4 cm³/mol. The molecule has 1 rings (SSSR count). The number of aromatic nitrogens is 1. The van der Waals surface area contributed by atoms with Crippen LogP contribution < -0.4 is 0 Å². The van der Waals surface area contributed by atoms with Crippen LogP contribution >= 0.6 is 0 Å². The average molecular weight is 223 g/mol. The molecule has 0 saturated carbocycles. The third-order valence-corrected chi connectivity index (χ3v) is 2.21. The normalized spacial score (nSPS) is 10.5. The minimum Gasteiger partial charge on any atom is -0.293 e. The highest BCUT2D eigenvalue weighted by molar-refractivity contribution is 5.76. The van der Waals surface area contributed by atoms with Crippen molar-refractivity contribution >= 4 is 5.91 Å². The number of hydroxylamine groups is 2. The first-order valence-corrected chi connectivity index (χ1v) is 5.01. The van der Waals surface area contributed by atoms with Gasteiger partial charge in [-0.15, -0.1) is 0 Å². The van der Waals surface area contributed by atoms with E-state index in [4.69, 9.17) is 4.84 Å². The largest absolute Gasteiger partial charge is 0.293 e. The summed E-state index contributed by atoms with van der Waals surface area (Å²) in [7, 11) is 4.95. The lowest BCUT2D eigenvalue weighted by molar-refractivity contribution is -0.169. The molecule has 1 aromatic heterocycles. The van der Waals surface area contributed by atoms with Crippen molar-refractivity contribution in [2.24, 2.45) is 0 Å². The molecule has 0 fully saturated rings. The maximum Gasteiger partial charge on any atom is 0.259 e. The second-order valence-corrected chi connectivity index (χ2v) is 3.61. The Hall–Kier alpha value is -1.46. The van der Waals surface area contributed by atoms with E-state index < -0.39 is 0 Å². The van der Waals surface area contributed by atoms with Gasteiger partial charge in [0.2, 0.25) is 0 Å². The smallest absolute Gasteiger partial charge is 0.259 e. The van der Waals surface area contributed by atoms with Crippen LogP contribution in [-0.2, 0) is 16.2 Å². The molecule has 1 amide bonds. The summed E-state index contributed by atoms with van der Waals surface area (Å²) in [5.41, 5.74) is 1.08. The molecular weight excluding hydrogens is 206 g/mol. The zero-order valence-electron chi connectivity index (χ0n) is 9.88. The first-order valence-electron chi connectivity index (χ1n) is 5.01. The van der Waals surface area contributed by atoms with Gasteiger partial charge >= 0.3 is 0 Å². The summed E-state index contributed by atoms with van der Waals surface area (Å²) in [6.45, 7) is 1.01. The van der Waals surface area contributed by atoms with Crippen molar-refractivity contribution in [1.82, 2.24) is 14.9 Å². The van der Waals surface area contributed by atoms with Crippen LogP contribution in [0.3, 0.4) is 0 Å². The number of hydrogen-bond donors (Lipinski definition) is 0. The van der Waals surface area contributed by atoms with E-state index in [9.17, 15) is 4.79 Å². The lowest BCUT2D eigenvalue weighted by Crippen LogP contribution is -2.35. The van der Waals surface area contributed by atoms with Gasteiger partial charge in [-0.25, -0.2) is 5.06 Å². The number of nitrogens with zero attached hydrogens (tertiary/aromatic N) is 3. The first-order chi connectivity index (χ1) is 7.63. The number of pyridine rings is 1. The number of hydrogen-bond acceptors (Lipinski definition) is 4. The van der Waals surface area contributed by atoms with Crippen LogP contribution in [0.15, 0.2) is 24.5 Å². The molecule has 0 aliphatic heterocycles. The molecule has 0 N–H and O–H groups in total. The van der Waals surface area contributed by atoms with Gasteiger partial charge in [0, 0.05) is 26.0 Å². The van der Waals surface area contributed by atoms with Crippen LogP contribution in [0.25, 0.3) is 0 Å². The summed E-state index contributed by atoms with van der Waals surface area (Å²) in [5.74, 6) is -0.0751. The SMILES string of the molecule is CON(C)C(=O)CN(C)Cc1cccnc1. The van der Waals surface area contributed by atoms with E-state index in [-0.39, 0.29) is 5.91 Å². The Balaban J connectivity index is 2.42. The van der Waals surface area contributed by atoms with Crippen LogP contribution in [0, 0.1) is 0 Å². The first kappa shape index (κ1) is 12.6. The highest BCUT2D eigenvalue weighted by atomic mass is 16.7. The van der Waals surface area contributed by atoms with Crippen LogP contribution in [0.2, 0.25) is 0 Å². The van der Waals surface area contributed by atoms with Crippen LogP contribution in [0.4, 0.5) is 0 Å². The van der Waals surface area contributed by atoms with Crippen molar-refractivity contribution in [3.63, 3.8) is 0 Å². The topological polar surface area (TPSA) is 45.7 Å². The molecule has 0 unspecified atom stereocenters. The number of carbonyl (C=O) groups is 1. The van der Waals surface area contributed by atoms with E-state index in [2.05, 4.69) is 4.98 Å². The highest BCUT2D eigenvalue weighted by Crippen LogP contribution is 2.00. The summed E-state index contributed by atoms with van der Waals surface area (Å²) in [5, 5.41) is 1.22. The van der Waals surface area contributed by atoms with E-state index in [1.54, 1.807) is 19.4 Å². The fourth-order valence-corrected chi connectivity index (χ4v) is 1.29. The van der Waals surface area contributed by atoms with Gasteiger partial charge in [0.25, 0.3) is 5.91 Å². The third-order valence-electron chi connectivity index (χ3n) is 2.21. The van der Waals surface area contributed by atoms with Gasteiger partial charge in [-0.1, -0.05) is 6.07 Å². The molecule has 1 heterocycles. The average Bonchev–Trinajstić information content (AvgIpc) is 2.29. The Labute approximate surface area is 95.6 Å². The molecule has 1 aromatic rings. The number of rotatable bonds is 5. The van der Waals surface area contributed by atoms with Gasteiger partial charge in [-0.2, -0.15) is 0 Å². The van der Waals surface area contributed by atoms with Gasteiger partial charge in [-0.3, -0.25) is 19.5 Å². The van der Waals surface area contributed by atoms with E-state index in [1.807, 2.05) is 24.1 Å². The van der Waals surface area contributed by atoms with Crippen molar-refractivity contribution in [2.45, 2.75) is 6.54 Å². The van der Waals surface area contributed by atoms with Gasteiger partial charge in [0.05, 0.1) is 13.7 Å². The lowest BCUT2D eigenvalue weighted by Gasteiger charge is -2.19. The Bertz CT molecular complexity index is 329. The zero-order valence-corrected chi connectivity index (χ0v) is 9.88. The summed E-state index contributed by atoms with van der Waals surface area (Å²) < 4.78 is 0. The van der Waals surface area contributed by atoms with E-state index >= 15 is 0 Å². The minimum atomic E-state index is -0.0751. The van der Waals surface area contributed by atoms with Gasteiger partial charge in [0.15, 0.2) is 0 Å². The highest BCUT2D eigenvalue weighted by Gasteiger charge is 2.11. The van der Waals surface area contributed by atoms with Crippen molar-refractivity contribution in [3.05, 3.63) is 30.1 Å². The fourth-order valence-electron chi connectivity index (χ4n) is 1.29. The van der Waals surface area contributed by atoms with Crippen LogP contribution in [0.5, 0.6) is 0 Å². The minimum absolute atomic E-state index is 0.0751. The molecule has 0 atom stereocenters. The summed E-state index contributed by atoms with van der Waals surface area (Å²) in [6.07, 6.45) is 3.52. The summed E-state index contributed by atoms with van der Waals surface area (Å²) in [4.78, 5) is 22.3. The lowest BCUT2D eigenvalue weighted by atomic mass is 10.3. The molecule has 0 aromatic carbocycles. The Morgan fingerprint density at radius 2 is 2.25 bits per heavy atom. The number of likely N-dealkylation sites (N-methyl/N-ethyl adjacent to an activating group) is 2. The maximum absolute atomic E-state index is 11.5. The second kappa shape index (κ2) is 6.19. The molecule has 5 heteroatoms. The second-order valence-electron chi connectivity index (χ2n) is 3.61. The Morgan fingerprint density at radius 1 is 1.50 bits per heavy atom. The Morgan fingerprint density at radius 3 is 2.81 bits per heavy atom. The van der Waals surface area contributed by atoms with Crippen molar-refractivity contribution in [2.75, 3.05) is 27.7 Å². The predicted octanol–water partition coefficient (Wildman–Crippen LogP) is 0.533. The van der Waals surface area contributed by atoms with E-state index in [0.29, 0.717) is 13.1 Å². The molecule has 0 spiro atoms. The number of carbonyl (C=O) groups excluding carboxylic acids is 1. The molecule has 0 radical (unpaired) electrons. The van der Waals surface area contributed by atoms with Gasteiger partial charge < -0.3 is 0 Å². The Kier molecular flexibility index (Phi) is 4.88. The molecule has 0 aliphatic carbocycles. The van der Waals surface area contributed by atoms with Crippen molar-refractivity contribution < 1.29 is 9.63 Å². The molecule has 0 bridgehead atoms. The molecule has 5 nitrogen and oxygen atoms in total. The van der Waals surface area contributed by atoms with Gasteiger partial charge in [-0.05, 0) is 18.7 Å². The van der Waals surface area contributed by atoms with E-state index in [0.717, 1.165) is 5.56 Å². The third kappa shape index (κ3) is 3.96. The van der Waals surface area contributed by atoms with Crippen molar-refractivity contribution in [1.29, 1.82) is 0 Å². The van der Waals surface area contributed by atoms with Gasteiger partial charge in [0.1, 0.15) is 0 Å². The van der Waals surface area contributed by atoms with Crippen molar-refractivity contribution in [3.8, 4) is 0 Å². The quantitative estimate of drug-likeness (QED) is 0.683. The molecular formula is C11H17N3O2. The maximum atomic E-state index is 11.5. The molecule has 0 saturated heterocycles. The van der Waals surface area contributed by atoms with Crippen LogP contribution in [-0.4, -0.2) is 48.6 Å². The summed E-state index contributed by atoms with van der Waals surface area (Å²) in [6, 6.07) is 3.86. The fraction of sp³-hybridized carbons (Fsp3) is 0.455. The molecule has 88 valence electrons. The van der Waals surface area contributed by atoms with Crippen LogP contribution in [0.1, 0.15) is 5.56 Å². The summed E-state index contributed by atoms with van der Waals surface area (Å²) >= 11 is 0. The standard InChI is InChI=1S/C11H17N3O2/c1-13(9-11(15)14(2)16-3)8-10-5-4-6-12-7-10/h4-7H,8-9H2,1-3H3. The van der Waals surface area contributed by atoms with E-state index in [1.165, 1.54) is 12.2 Å². The molecule has 0 aliphatic rings. The monoisotopic (exact) mass is 223 g/mol.